The van der Waals surface area contributed by atoms with E-state index in [0.29, 0.717) is 0 Å². The topological polar surface area (TPSA) is 52.0 Å². The van der Waals surface area contributed by atoms with Crippen LogP contribution in [-0.4, -0.2) is 5.16 Å². The largest absolute Gasteiger partial charge is 0.356 e. The number of nitrogens with zero attached hydrogens (tertiary/aromatic N) is 1. The van der Waals surface area contributed by atoms with Crippen LogP contribution >= 0.6 is 12.4 Å². The van der Waals surface area contributed by atoms with Crippen LogP contribution in [0.15, 0.2) is 65.7 Å². The maximum Gasteiger partial charge on any atom is 0.167 e. The van der Waals surface area contributed by atoms with Gasteiger partial charge >= 0.3 is 0 Å². The van der Waals surface area contributed by atoms with E-state index in [4.69, 9.17) is 10.3 Å². The molecule has 2 N–H and O–H groups in total. The minimum absolute atomic E-state index is 0. The second kappa shape index (κ2) is 6.57. The molecule has 4 heteroatoms. The van der Waals surface area contributed by atoms with Crippen molar-refractivity contribution in [2.75, 3.05) is 0 Å². The van der Waals surface area contributed by atoms with E-state index in [0.717, 1.165) is 34.2 Å². The van der Waals surface area contributed by atoms with Crippen LogP contribution in [0.5, 0.6) is 0 Å². The maximum absolute atomic E-state index is 6.23. The highest BCUT2D eigenvalue weighted by Gasteiger charge is 2.16. The third-order valence-electron chi connectivity index (χ3n) is 3.41. The summed E-state index contributed by atoms with van der Waals surface area (Å²) in [5, 5.41) is 5.22. The van der Waals surface area contributed by atoms with Gasteiger partial charge in [0.1, 0.15) is 5.69 Å². The number of benzene rings is 2. The first-order valence-corrected chi connectivity index (χ1v) is 6.61. The van der Waals surface area contributed by atoms with Gasteiger partial charge in [-0.3, -0.25) is 0 Å². The van der Waals surface area contributed by atoms with E-state index < -0.39 is 0 Å². The van der Waals surface area contributed by atoms with Gasteiger partial charge in [-0.25, -0.2) is 0 Å². The highest BCUT2D eigenvalue weighted by atomic mass is 35.5. The van der Waals surface area contributed by atoms with E-state index in [9.17, 15) is 0 Å². The monoisotopic (exact) mass is 300 g/mol. The molecule has 0 amide bonds. The van der Waals surface area contributed by atoms with Crippen molar-refractivity contribution in [3.05, 3.63) is 66.7 Å². The summed E-state index contributed by atoms with van der Waals surface area (Å²) in [7, 11) is 0. The van der Waals surface area contributed by atoms with Gasteiger partial charge in [-0.1, -0.05) is 47.6 Å². The molecule has 1 unspecified atom stereocenters. The van der Waals surface area contributed by atoms with Crippen LogP contribution < -0.4 is 5.73 Å². The number of para-hydroxylation sites is 1. The van der Waals surface area contributed by atoms with Crippen molar-refractivity contribution in [3.8, 4) is 11.3 Å². The SMILES string of the molecule is C=CCC(N)c1ccccc1-c1noc2ccccc12.Cl. The lowest BCUT2D eigenvalue weighted by Gasteiger charge is -2.13. The lowest BCUT2D eigenvalue weighted by molar-refractivity contribution is 0.459. The molecule has 0 aliphatic carbocycles. The Morgan fingerprint density at radius 2 is 1.86 bits per heavy atom. The van der Waals surface area contributed by atoms with Gasteiger partial charge in [-0.15, -0.1) is 19.0 Å². The quantitative estimate of drug-likeness (QED) is 0.722. The summed E-state index contributed by atoms with van der Waals surface area (Å²) in [6.45, 7) is 3.75. The molecule has 0 bridgehead atoms. The van der Waals surface area contributed by atoms with Crippen LogP contribution in [0.1, 0.15) is 18.0 Å². The first-order chi connectivity index (χ1) is 9.81. The Balaban J connectivity index is 0.00000161. The van der Waals surface area contributed by atoms with Gasteiger partial charge in [0.2, 0.25) is 0 Å². The molecule has 3 nitrogen and oxygen atoms in total. The van der Waals surface area contributed by atoms with Crippen LogP contribution in [-0.2, 0) is 0 Å². The van der Waals surface area contributed by atoms with E-state index in [-0.39, 0.29) is 18.4 Å². The summed E-state index contributed by atoms with van der Waals surface area (Å²) >= 11 is 0. The molecule has 0 radical (unpaired) electrons. The minimum Gasteiger partial charge on any atom is -0.356 e. The van der Waals surface area contributed by atoms with E-state index >= 15 is 0 Å². The van der Waals surface area contributed by atoms with Gasteiger partial charge in [0.25, 0.3) is 0 Å². The fraction of sp³-hybridized carbons (Fsp3) is 0.118. The van der Waals surface area contributed by atoms with E-state index in [1.807, 2.05) is 54.6 Å². The summed E-state index contributed by atoms with van der Waals surface area (Å²) in [5.41, 5.74) is 9.94. The first-order valence-electron chi connectivity index (χ1n) is 6.61. The van der Waals surface area contributed by atoms with Crippen LogP contribution in [0.3, 0.4) is 0 Å². The molecule has 0 fully saturated rings. The molecular weight excluding hydrogens is 284 g/mol. The van der Waals surface area contributed by atoms with Crippen molar-refractivity contribution in [1.29, 1.82) is 0 Å². The highest BCUT2D eigenvalue weighted by Crippen LogP contribution is 2.33. The molecule has 0 saturated heterocycles. The Labute approximate surface area is 129 Å². The van der Waals surface area contributed by atoms with Crippen molar-refractivity contribution in [3.63, 3.8) is 0 Å². The highest BCUT2D eigenvalue weighted by molar-refractivity contribution is 5.92. The van der Waals surface area contributed by atoms with Crippen molar-refractivity contribution < 1.29 is 4.52 Å². The van der Waals surface area contributed by atoms with Crippen molar-refractivity contribution >= 4 is 23.4 Å². The van der Waals surface area contributed by atoms with Crippen LogP contribution in [0.4, 0.5) is 0 Å². The molecule has 3 rings (SSSR count). The Hall–Kier alpha value is -2.10. The number of hydrogen-bond donors (Lipinski definition) is 1. The standard InChI is InChI=1S/C17H16N2O.ClH/c1-2-7-15(18)12-8-3-4-9-13(12)17-14-10-5-6-11-16(14)20-19-17;/h2-6,8-11,15H,1,7,18H2;1H. The van der Waals surface area contributed by atoms with E-state index in [1.165, 1.54) is 0 Å². The first kappa shape index (κ1) is 15.3. The fourth-order valence-electron chi connectivity index (χ4n) is 2.42. The zero-order valence-electron chi connectivity index (χ0n) is 11.5. The van der Waals surface area contributed by atoms with E-state index in [2.05, 4.69) is 11.7 Å². The number of hydrogen-bond acceptors (Lipinski definition) is 3. The lowest BCUT2D eigenvalue weighted by Crippen LogP contribution is -2.10. The Kier molecular flexibility index (Phi) is 4.78. The lowest BCUT2D eigenvalue weighted by atomic mass is 9.95. The third kappa shape index (κ3) is 2.84. The number of halogens is 1. The van der Waals surface area contributed by atoms with Crippen molar-refractivity contribution in [2.24, 2.45) is 5.73 Å². The van der Waals surface area contributed by atoms with Gasteiger partial charge < -0.3 is 10.3 Å². The van der Waals surface area contributed by atoms with Gasteiger partial charge in [0.05, 0.1) is 0 Å². The molecule has 0 saturated carbocycles. The van der Waals surface area contributed by atoms with Crippen molar-refractivity contribution in [2.45, 2.75) is 12.5 Å². The van der Waals surface area contributed by atoms with Crippen LogP contribution in [0.25, 0.3) is 22.2 Å². The normalized spacial score (nSPS) is 11.9. The second-order valence-electron chi connectivity index (χ2n) is 4.75. The number of rotatable bonds is 4. The summed E-state index contributed by atoms with van der Waals surface area (Å²) in [6.07, 6.45) is 2.56. The molecule has 2 aromatic carbocycles. The van der Waals surface area contributed by atoms with E-state index in [1.54, 1.807) is 0 Å². The predicted octanol–water partition coefficient (Wildman–Crippen LogP) is 4.49. The zero-order valence-corrected chi connectivity index (χ0v) is 12.3. The van der Waals surface area contributed by atoms with Crippen molar-refractivity contribution in [1.82, 2.24) is 5.16 Å². The average Bonchev–Trinajstić information content (AvgIpc) is 2.91. The molecule has 1 aromatic heterocycles. The molecular formula is C17H17ClN2O. The summed E-state index contributed by atoms with van der Waals surface area (Å²) in [6, 6.07) is 15.8. The molecule has 1 atom stereocenters. The predicted molar refractivity (Wildman–Crippen MR) is 88.4 cm³/mol. The molecule has 21 heavy (non-hydrogen) atoms. The maximum atomic E-state index is 6.23. The molecule has 0 aliphatic heterocycles. The van der Waals surface area contributed by atoms with Gasteiger partial charge in [0, 0.05) is 17.0 Å². The average molecular weight is 301 g/mol. The minimum atomic E-state index is -0.0841. The molecule has 1 heterocycles. The second-order valence-corrected chi connectivity index (χ2v) is 4.75. The summed E-state index contributed by atoms with van der Waals surface area (Å²) in [4.78, 5) is 0. The summed E-state index contributed by atoms with van der Waals surface area (Å²) in [5.74, 6) is 0. The third-order valence-corrected chi connectivity index (χ3v) is 3.41. The molecule has 3 aromatic rings. The smallest absolute Gasteiger partial charge is 0.167 e. The van der Waals surface area contributed by atoms with Crippen LogP contribution in [0, 0.1) is 0 Å². The summed E-state index contributed by atoms with van der Waals surface area (Å²) < 4.78 is 5.39. The Bertz CT molecular complexity index is 751. The number of fused-ring (bicyclic) bond motifs is 1. The Morgan fingerprint density at radius 3 is 2.67 bits per heavy atom. The van der Waals surface area contributed by atoms with Gasteiger partial charge in [-0.05, 0) is 24.1 Å². The van der Waals surface area contributed by atoms with Gasteiger partial charge in [0.15, 0.2) is 5.58 Å². The Morgan fingerprint density at radius 1 is 1.14 bits per heavy atom. The molecule has 0 aliphatic rings. The number of nitrogens with two attached hydrogens (primary N) is 1. The fourth-order valence-corrected chi connectivity index (χ4v) is 2.42. The van der Waals surface area contributed by atoms with Gasteiger partial charge in [-0.2, -0.15) is 0 Å². The zero-order chi connectivity index (χ0) is 13.9. The number of aromatic nitrogens is 1. The van der Waals surface area contributed by atoms with Crippen LogP contribution in [0.2, 0.25) is 0 Å². The molecule has 108 valence electrons. The molecule has 0 spiro atoms.